The van der Waals surface area contributed by atoms with Gasteiger partial charge in [-0.3, -0.25) is 9.82 Å². The monoisotopic (exact) mass is 401 g/mol. The number of anilines is 1. The smallest absolute Gasteiger partial charge is 0.0791 e. The summed E-state index contributed by atoms with van der Waals surface area (Å²) in [5.41, 5.74) is 3.61. The number of para-hydroxylation sites is 1. The van der Waals surface area contributed by atoms with Crippen LogP contribution < -0.4 is 10.4 Å². The molecule has 1 heterocycles. The maximum absolute atomic E-state index is 6.43. The molecule has 1 aliphatic rings. The third-order valence-corrected chi connectivity index (χ3v) is 5.88. The first-order chi connectivity index (χ1) is 14.9. The molecule has 0 spiro atoms. The van der Waals surface area contributed by atoms with Crippen LogP contribution in [0, 0.1) is 5.92 Å². The molecule has 30 heavy (non-hydrogen) atoms. The molecular formula is C26H31N3O. The van der Waals surface area contributed by atoms with Crippen molar-refractivity contribution in [1.29, 1.82) is 0 Å². The quantitative estimate of drug-likeness (QED) is 0.489. The van der Waals surface area contributed by atoms with E-state index in [1.165, 1.54) is 36.8 Å². The van der Waals surface area contributed by atoms with Gasteiger partial charge in [-0.25, -0.2) is 5.06 Å². The number of pyridine rings is 1. The number of aromatic nitrogens is 1. The van der Waals surface area contributed by atoms with Crippen molar-refractivity contribution in [3.63, 3.8) is 0 Å². The minimum atomic E-state index is 0.498. The van der Waals surface area contributed by atoms with E-state index >= 15 is 0 Å². The highest BCUT2D eigenvalue weighted by atomic mass is 16.7. The fourth-order valence-corrected chi connectivity index (χ4v) is 4.17. The summed E-state index contributed by atoms with van der Waals surface area (Å²) in [6.07, 6.45) is 8.68. The lowest BCUT2D eigenvalue weighted by molar-refractivity contribution is 0.0488. The zero-order valence-corrected chi connectivity index (χ0v) is 17.5. The molecule has 2 unspecified atom stereocenters. The molecule has 1 N–H and O–H groups in total. The van der Waals surface area contributed by atoms with Crippen molar-refractivity contribution in [3.8, 4) is 0 Å². The Hall–Kier alpha value is -2.69. The largest absolute Gasteiger partial charge is 0.310 e. The zero-order chi connectivity index (χ0) is 20.4. The first-order valence-electron chi connectivity index (χ1n) is 11.0. The fourth-order valence-electron chi connectivity index (χ4n) is 4.17. The standard InChI is InChI=1S/C26H31N3O/c1-3-9-22(10-4-1)19-28-26-14-8-7-11-24(26)21-30-29(25-12-5-2-6-13-25)20-23-15-17-27-18-16-23/h1-6,9-10,12-13,15-18,24,26,28H,7-8,11,14,19-21H2. The van der Waals surface area contributed by atoms with Gasteiger partial charge in [0.15, 0.2) is 0 Å². The van der Waals surface area contributed by atoms with E-state index in [2.05, 4.69) is 64.9 Å². The van der Waals surface area contributed by atoms with Crippen LogP contribution in [0.2, 0.25) is 0 Å². The molecule has 0 bridgehead atoms. The van der Waals surface area contributed by atoms with Crippen molar-refractivity contribution in [2.75, 3.05) is 11.7 Å². The molecule has 156 valence electrons. The van der Waals surface area contributed by atoms with Crippen LogP contribution in [-0.4, -0.2) is 17.6 Å². The Morgan fingerprint density at radius 3 is 2.30 bits per heavy atom. The second-order valence-corrected chi connectivity index (χ2v) is 8.04. The molecule has 2 atom stereocenters. The van der Waals surface area contributed by atoms with Crippen LogP contribution in [0.15, 0.2) is 85.2 Å². The van der Waals surface area contributed by atoms with Gasteiger partial charge in [0.1, 0.15) is 0 Å². The highest BCUT2D eigenvalue weighted by molar-refractivity contribution is 5.44. The van der Waals surface area contributed by atoms with E-state index in [1.54, 1.807) is 0 Å². The van der Waals surface area contributed by atoms with E-state index in [0.717, 1.165) is 18.8 Å². The molecule has 1 aromatic heterocycles. The Morgan fingerprint density at radius 1 is 0.833 bits per heavy atom. The van der Waals surface area contributed by atoms with Crippen molar-refractivity contribution < 1.29 is 4.84 Å². The summed E-state index contributed by atoms with van der Waals surface area (Å²) >= 11 is 0. The maximum atomic E-state index is 6.43. The van der Waals surface area contributed by atoms with Crippen LogP contribution >= 0.6 is 0 Å². The maximum Gasteiger partial charge on any atom is 0.0791 e. The third-order valence-electron chi connectivity index (χ3n) is 5.88. The van der Waals surface area contributed by atoms with E-state index in [9.17, 15) is 0 Å². The molecule has 2 aromatic carbocycles. The fraction of sp³-hybridized carbons (Fsp3) is 0.346. The normalized spacial score (nSPS) is 18.8. The van der Waals surface area contributed by atoms with Crippen LogP contribution in [0.4, 0.5) is 5.69 Å². The molecule has 0 amide bonds. The molecular weight excluding hydrogens is 370 g/mol. The lowest BCUT2D eigenvalue weighted by atomic mass is 9.85. The molecule has 1 fully saturated rings. The SMILES string of the molecule is c1ccc(CNC2CCCCC2CON(Cc2ccncc2)c2ccccc2)cc1. The van der Waals surface area contributed by atoms with Gasteiger partial charge < -0.3 is 5.32 Å². The first-order valence-corrected chi connectivity index (χ1v) is 11.0. The Morgan fingerprint density at radius 2 is 1.53 bits per heavy atom. The molecule has 4 nitrogen and oxygen atoms in total. The Balaban J connectivity index is 1.39. The van der Waals surface area contributed by atoms with Crippen LogP contribution in [0.3, 0.4) is 0 Å². The van der Waals surface area contributed by atoms with Crippen LogP contribution in [0.1, 0.15) is 36.8 Å². The summed E-state index contributed by atoms with van der Waals surface area (Å²) in [6.45, 7) is 2.36. The summed E-state index contributed by atoms with van der Waals surface area (Å²) in [7, 11) is 0. The zero-order valence-electron chi connectivity index (χ0n) is 17.5. The molecule has 0 aliphatic heterocycles. The number of rotatable bonds is 9. The van der Waals surface area contributed by atoms with Crippen molar-refractivity contribution in [2.24, 2.45) is 5.92 Å². The van der Waals surface area contributed by atoms with Gasteiger partial charge in [0.05, 0.1) is 18.8 Å². The predicted molar refractivity (Wildman–Crippen MR) is 122 cm³/mol. The van der Waals surface area contributed by atoms with Gasteiger partial charge in [0.2, 0.25) is 0 Å². The minimum Gasteiger partial charge on any atom is -0.310 e. The number of hydrogen-bond donors (Lipinski definition) is 1. The van der Waals surface area contributed by atoms with E-state index in [0.29, 0.717) is 18.5 Å². The summed E-state index contributed by atoms with van der Waals surface area (Å²) in [5, 5.41) is 5.82. The van der Waals surface area contributed by atoms with Gasteiger partial charge in [-0.1, -0.05) is 61.4 Å². The Bertz CT molecular complexity index is 857. The van der Waals surface area contributed by atoms with E-state index in [1.807, 2.05) is 35.7 Å². The number of hydrogen-bond acceptors (Lipinski definition) is 4. The van der Waals surface area contributed by atoms with Gasteiger partial charge in [-0.05, 0) is 48.2 Å². The average molecular weight is 402 g/mol. The molecule has 0 radical (unpaired) electrons. The van der Waals surface area contributed by atoms with Crippen molar-refractivity contribution in [1.82, 2.24) is 10.3 Å². The minimum absolute atomic E-state index is 0.498. The van der Waals surface area contributed by atoms with Gasteiger partial charge >= 0.3 is 0 Å². The molecule has 4 heteroatoms. The van der Waals surface area contributed by atoms with E-state index in [4.69, 9.17) is 4.84 Å². The molecule has 1 saturated carbocycles. The van der Waals surface area contributed by atoms with Crippen molar-refractivity contribution in [2.45, 2.75) is 44.8 Å². The summed E-state index contributed by atoms with van der Waals surface area (Å²) in [5.74, 6) is 0.520. The number of nitrogens with one attached hydrogen (secondary N) is 1. The summed E-state index contributed by atoms with van der Waals surface area (Å²) in [4.78, 5) is 10.6. The summed E-state index contributed by atoms with van der Waals surface area (Å²) < 4.78 is 0. The van der Waals surface area contributed by atoms with Gasteiger partial charge in [0, 0.05) is 30.9 Å². The van der Waals surface area contributed by atoms with Crippen molar-refractivity contribution in [3.05, 3.63) is 96.3 Å². The van der Waals surface area contributed by atoms with Crippen molar-refractivity contribution >= 4 is 5.69 Å². The number of hydroxylamine groups is 1. The average Bonchev–Trinajstić information content (AvgIpc) is 2.83. The Kier molecular flexibility index (Phi) is 7.48. The topological polar surface area (TPSA) is 37.4 Å². The highest BCUT2D eigenvalue weighted by Crippen LogP contribution is 2.27. The highest BCUT2D eigenvalue weighted by Gasteiger charge is 2.26. The molecule has 3 aromatic rings. The second-order valence-electron chi connectivity index (χ2n) is 8.04. The third kappa shape index (κ3) is 5.91. The number of benzene rings is 2. The number of nitrogens with zero attached hydrogens (tertiary/aromatic N) is 2. The van der Waals surface area contributed by atoms with Gasteiger partial charge in [0.25, 0.3) is 0 Å². The van der Waals surface area contributed by atoms with E-state index in [-0.39, 0.29) is 0 Å². The Labute approximate surface area is 179 Å². The molecule has 4 rings (SSSR count). The lowest BCUT2D eigenvalue weighted by Gasteiger charge is -2.34. The van der Waals surface area contributed by atoms with E-state index < -0.39 is 0 Å². The molecule has 1 aliphatic carbocycles. The first kappa shape index (κ1) is 20.6. The van der Waals surface area contributed by atoms with Crippen LogP contribution in [0.25, 0.3) is 0 Å². The van der Waals surface area contributed by atoms with Gasteiger partial charge in [-0.2, -0.15) is 0 Å². The van der Waals surface area contributed by atoms with Crippen LogP contribution in [-0.2, 0) is 17.9 Å². The van der Waals surface area contributed by atoms with Crippen LogP contribution in [0.5, 0.6) is 0 Å². The summed E-state index contributed by atoms with van der Waals surface area (Å²) in [6, 6.07) is 25.6. The second kappa shape index (κ2) is 10.9. The van der Waals surface area contributed by atoms with Gasteiger partial charge in [-0.15, -0.1) is 0 Å². The predicted octanol–water partition coefficient (Wildman–Crippen LogP) is 5.37. The molecule has 0 saturated heterocycles. The lowest BCUT2D eigenvalue weighted by Crippen LogP contribution is -2.41.